The molecule has 3 aromatic rings. The number of nitrogens with zero attached hydrogens (tertiary/aromatic N) is 3. The van der Waals surface area contributed by atoms with Crippen LogP contribution in [-0.2, 0) is 19.3 Å². The number of hydrogen-bond acceptors (Lipinski definition) is 3. The van der Waals surface area contributed by atoms with E-state index in [1.165, 1.54) is 133 Å². The predicted molar refractivity (Wildman–Crippen MR) is 172 cm³/mol. The van der Waals surface area contributed by atoms with Crippen molar-refractivity contribution in [2.75, 3.05) is 54.0 Å². The minimum absolute atomic E-state index is 0.833. The second-order valence-electron chi connectivity index (χ2n) is 12.5. The molecule has 3 nitrogen and oxygen atoms in total. The van der Waals surface area contributed by atoms with E-state index < -0.39 is 0 Å². The van der Waals surface area contributed by atoms with Crippen LogP contribution in [0.15, 0.2) is 72.8 Å². The fourth-order valence-corrected chi connectivity index (χ4v) is 7.68. The fraction of sp³-hybridized carbons (Fsp3) is 0.514. The monoisotopic (exact) mass is 535 g/mol. The van der Waals surface area contributed by atoms with Gasteiger partial charge in [0.1, 0.15) is 0 Å². The van der Waals surface area contributed by atoms with E-state index in [2.05, 4.69) is 87.5 Å². The summed E-state index contributed by atoms with van der Waals surface area (Å²) in [6, 6.07) is 27.3. The van der Waals surface area contributed by atoms with Crippen molar-refractivity contribution in [3.63, 3.8) is 0 Å². The molecule has 3 aliphatic rings. The van der Waals surface area contributed by atoms with Crippen LogP contribution in [0.5, 0.6) is 0 Å². The van der Waals surface area contributed by atoms with Gasteiger partial charge in [-0.25, -0.2) is 0 Å². The number of benzene rings is 3. The van der Waals surface area contributed by atoms with Gasteiger partial charge in [0, 0.05) is 56.3 Å². The number of para-hydroxylation sites is 3. The zero-order valence-electron chi connectivity index (χ0n) is 24.6. The van der Waals surface area contributed by atoms with Crippen LogP contribution >= 0.6 is 0 Å². The Balaban J connectivity index is 1.04. The van der Waals surface area contributed by atoms with Gasteiger partial charge in [-0.1, -0.05) is 54.6 Å². The van der Waals surface area contributed by atoms with Crippen molar-refractivity contribution in [1.29, 1.82) is 0 Å². The molecular weight excluding hydrogens is 486 g/mol. The summed E-state index contributed by atoms with van der Waals surface area (Å²) >= 11 is 0. The van der Waals surface area contributed by atoms with Crippen LogP contribution in [0.3, 0.4) is 0 Å². The Morgan fingerprint density at radius 3 is 1.12 bits per heavy atom. The van der Waals surface area contributed by atoms with Crippen LogP contribution < -0.4 is 14.7 Å². The SMILES string of the molecule is c1ccc2c(c1)CCCN2CCCC(CCCN1CCCc2ccccc21)CCCN1CCCc2ccccc21. The number of anilines is 3. The van der Waals surface area contributed by atoms with Crippen LogP contribution in [0.2, 0.25) is 0 Å². The van der Waals surface area contributed by atoms with Gasteiger partial charge in [0.25, 0.3) is 0 Å². The first-order chi connectivity index (χ1) is 19.8. The quantitative estimate of drug-likeness (QED) is 0.231. The minimum Gasteiger partial charge on any atom is -0.371 e. The second kappa shape index (κ2) is 13.6. The third kappa shape index (κ3) is 6.67. The van der Waals surface area contributed by atoms with Gasteiger partial charge >= 0.3 is 0 Å². The minimum atomic E-state index is 0.833. The molecule has 3 heteroatoms. The maximum Gasteiger partial charge on any atom is 0.0398 e. The average molecular weight is 536 g/mol. The molecule has 0 saturated heterocycles. The maximum absolute atomic E-state index is 2.67. The smallest absolute Gasteiger partial charge is 0.0398 e. The predicted octanol–water partition coefficient (Wildman–Crippen LogP) is 8.30. The van der Waals surface area contributed by atoms with Crippen LogP contribution in [0.4, 0.5) is 17.1 Å². The molecule has 40 heavy (non-hydrogen) atoms. The Labute approximate surface area is 243 Å². The molecule has 0 spiro atoms. The van der Waals surface area contributed by atoms with E-state index in [4.69, 9.17) is 0 Å². The summed E-state index contributed by atoms with van der Waals surface area (Å²) in [6.45, 7) is 7.32. The number of fused-ring (bicyclic) bond motifs is 3. The van der Waals surface area contributed by atoms with E-state index in [0.717, 1.165) is 5.92 Å². The molecular formula is C37H49N3. The van der Waals surface area contributed by atoms with Gasteiger partial charge in [-0.3, -0.25) is 0 Å². The summed E-state index contributed by atoms with van der Waals surface area (Å²) < 4.78 is 0. The maximum atomic E-state index is 2.67. The zero-order valence-corrected chi connectivity index (χ0v) is 24.6. The van der Waals surface area contributed by atoms with E-state index in [0.29, 0.717) is 0 Å². The Morgan fingerprint density at radius 1 is 0.450 bits per heavy atom. The van der Waals surface area contributed by atoms with Gasteiger partial charge in [0.15, 0.2) is 0 Å². The van der Waals surface area contributed by atoms with Crippen molar-refractivity contribution in [2.24, 2.45) is 5.92 Å². The van der Waals surface area contributed by atoms with Crippen LogP contribution in [0.1, 0.15) is 74.5 Å². The normalized spacial score (nSPS) is 16.6. The molecule has 0 amide bonds. The number of hydrogen-bond donors (Lipinski definition) is 0. The molecule has 212 valence electrons. The van der Waals surface area contributed by atoms with Gasteiger partial charge in [0.05, 0.1) is 0 Å². The number of rotatable bonds is 12. The summed E-state index contributed by atoms with van der Waals surface area (Å²) in [6.07, 6.45) is 15.7. The highest BCUT2D eigenvalue weighted by atomic mass is 15.1. The van der Waals surface area contributed by atoms with E-state index in [1.807, 2.05) is 0 Å². The highest BCUT2D eigenvalue weighted by Gasteiger charge is 2.20. The molecule has 0 unspecified atom stereocenters. The summed E-state index contributed by atoms with van der Waals surface area (Å²) in [5.41, 5.74) is 9.14. The van der Waals surface area contributed by atoms with Crippen molar-refractivity contribution < 1.29 is 0 Å². The van der Waals surface area contributed by atoms with E-state index in [9.17, 15) is 0 Å². The lowest BCUT2D eigenvalue weighted by Gasteiger charge is -2.33. The molecule has 6 rings (SSSR count). The highest BCUT2D eigenvalue weighted by Crippen LogP contribution is 2.31. The van der Waals surface area contributed by atoms with Crippen molar-refractivity contribution in [2.45, 2.75) is 77.0 Å². The first kappa shape index (κ1) is 27.2. The lowest BCUT2D eigenvalue weighted by atomic mass is 9.91. The average Bonchev–Trinajstić information content (AvgIpc) is 3.01. The molecule has 0 aromatic heterocycles. The summed E-state index contributed by atoms with van der Waals surface area (Å²) in [7, 11) is 0. The van der Waals surface area contributed by atoms with Crippen molar-refractivity contribution in [3.8, 4) is 0 Å². The second-order valence-corrected chi connectivity index (χ2v) is 12.5. The highest BCUT2D eigenvalue weighted by molar-refractivity contribution is 5.57. The van der Waals surface area contributed by atoms with E-state index in [-0.39, 0.29) is 0 Å². The van der Waals surface area contributed by atoms with Crippen LogP contribution in [-0.4, -0.2) is 39.3 Å². The first-order valence-electron chi connectivity index (χ1n) is 16.3. The van der Waals surface area contributed by atoms with E-state index >= 15 is 0 Å². The standard InChI is InChI=1S/C37H49N3/c1-4-22-35-32(16-1)19-10-28-38(35)25-7-13-31(14-8-26-39-29-11-20-33-17-2-5-23-36(33)39)15-9-27-40-30-12-21-34-18-3-6-24-37(34)40/h1-6,16-18,22-24,31H,7-15,19-21,25-30H2. The van der Waals surface area contributed by atoms with Crippen LogP contribution in [0.25, 0.3) is 0 Å². The van der Waals surface area contributed by atoms with Crippen LogP contribution in [0, 0.1) is 5.92 Å². The molecule has 0 radical (unpaired) electrons. The summed E-state index contributed by atoms with van der Waals surface area (Å²) in [5.74, 6) is 0.833. The first-order valence-corrected chi connectivity index (χ1v) is 16.3. The summed E-state index contributed by atoms with van der Waals surface area (Å²) in [4.78, 5) is 8.02. The van der Waals surface area contributed by atoms with Crippen molar-refractivity contribution >= 4 is 17.1 Å². The van der Waals surface area contributed by atoms with Gasteiger partial charge in [0.2, 0.25) is 0 Å². The molecule has 0 N–H and O–H groups in total. The molecule has 0 aliphatic carbocycles. The largest absolute Gasteiger partial charge is 0.371 e. The molecule has 0 fully saturated rings. The molecule has 0 atom stereocenters. The van der Waals surface area contributed by atoms with Gasteiger partial charge in [-0.05, 0) is 118 Å². The van der Waals surface area contributed by atoms with Crippen molar-refractivity contribution in [1.82, 2.24) is 0 Å². The molecule has 0 saturated carbocycles. The summed E-state index contributed by atoms with van der Waals surface area (Å²) in [5, 5.41) is 0. The van der Waals surface area contributed by atoms with Gasteiger partial charge in [-0.2, -0.15) is 0 Å². The van der Waals surface area contributed by atoms with Gasteiger partial charge < -0.3 is 14.7 Å². The van der Waals surface area contributed by atoms with Gasteiger partial charge in [-0.15, -0.1) is 0 Å². The lowest BCUT2D eigenvalue weighted by Crippen LogP contribution is -2.31. The van der Waals surface area contributed by atoms with Crippen molar-refractivity contribution in [3.05, 3.63) is 89.5 Å². The Morgan fingerprint density at radius 2 is 0.775 bits per heavy atom. The zero-order chi connectivity index (χ0) is 27.0. The fourth-order valence-electron chi connectivity index (χ4n) is 7.68. The molecule has 3 aliphatic heterocycles. The van der Waals surface area contributed by atoms with E-state index in [1.54, 1.807) is 16.7 Å². The Hall–Kier alpha value is -2.94. The molecule has 3 heterocycles. The molecule has 3 aromatic carbocycles. The third-order valence-corrected chi connectivity index (χ3v) is 9.74. The Bertz CT molecular complexity index is 1070. The topological polar surface area (TPSA) is 9.72 Å². The Kier molecular flexibility index (Phi) is 9.27. The number of aryl methyl sites for hydroxylation is 3. The molecule has 0 bridgehead atoms. The third-order valence-electron chi connectivity index (χ3n) is 9.74. The lowest BCUT2D eigenvalue weighted by molar-refractivity contribution is 0.386.